The summed E-state index contributed by atoms with van der Waals surface area (Å²) in [5, 5.41) is 8.47. The van der Waals surface area contributed by atoms with E-state index in [0.717, 1.165) is 30.5 Å². The Morgan fingerprint density at radius 2 is 1.89 bits per heavy atom. The van der Waals surface area contributed by atoms with Gasteiger partial charge in [-0.1, -0.05) is 48.0 Å². The Labute approximate surface area is 159 Å². The van der Waals surface area contributed by atoms with Crippen molar-refractivity contribution >= 4 is 5.91 Å². The predicted molar refractivity (Wildman–Crippen MR) is 103 cm³/mol. The Morgan fingerprint density at radius 1 is 1.11 bits per heavy atom. The van der Waals surface area contributed by atoms with E-state index in [-0.39, 0.29) is 11.8 Å². The van der Waals surface area contributed by atoms with Crippen molar-refractivity contribution in [3.63, 3.8) is 0 Å². The fourth-order valence-electron chi connectivity index (χ4n) is 3.50. The molecule has 0 N–H and O–H groups in total. The van der Waals surface area contributed by atoms with Crippen molar-refractivity contribution < 1.29 is 9.21 Å². The Hall–Kier alpha value is -2.95. The first kappa shape index (κ1) is 17.5. The van der Waals surface area contributed by atoms with Crippen LogP contribution in [-0.4, -0.2) is 34.1 Å². The van der Waals surface area contributed by atoms with Crippen LogP contribution in [0.1, 0.15) is 35.8 Å². The molecule has 2 aromatic carbocycles. The second-order valence-electron chi connectivity index (χ2n) is 7.15. The minimum atomic E-state index is 0.102. The monoisotopic (exact) mass is 361 g/mol. The van der Waals surface area contributed by atoms with Gasteiger partial charge in [-0.05, 0) is 37.5 Å². The van der Waals surface area contributed by atoms with Gasteiger partial charge in [0.25, 0.3) is 0 Å². The van der Waals surface area contributed by atoms with E-state index in [1.807, 2.05) is 66.4 Å². The van der Waals surface area contributed by atoms with Gasteiger partial charge >= 0.3 is 0 Å². The minimum absolute atomic E-state index is 0.102. The van der Waals surface area contributed by atoms with E-state index in [1.54, 1.807) is 0 Å². The molecule has 1 fully saturated rings. The van der Waals surface area contributed by atoms with Crippen molar-refractivity contribution in [1.82, 2.24) is 15.1 Å². The fraction of sp³-hybridized carbons (Fsp3) is 0.318. The number of nitrogens with zero attached hydrogens (tertiary/aromatic N) is 3. The van der Waals surface area contributed by atoms with Gasteiger partial charge in [-0.25, -0.2) is 0 Å². The maximum absolute atomic E-state index is 12.7. The van der Waals surface area contributed by atoms with Crippen LogP contribution in [0.3, 0.4) is 0 Å². The molecule has 27 heavy (non-hydrogen) atoms. The van der Waals surface area contributed by atoms with Crippen molar-refractivity contribution in [3.05, 3.63) is 71.6 Å². The lowest BCUT2D eigenvalue weighted by molar-refractivity contribution is -0.131. The first-order valence-electron chi connectivity index (χ1n) is 9.41. The standard InChI is InChI=1S/C22H23N3O2/c1-16-9-11-18(12-10-16)21-23-24-22(27-21)19-8-5-13-25(15-19)20(26)14-17-6-3-2-4-7-17/h2-4,6-7,9-12,19H,5,8,13-15H2,1H3/t19-/m0/s1. The van der Waals surface area contributed by atoms with E-state index < -0.39 is 0 Å². The van der Waals surface area contributed by atoms with E-state index in [2.05, 4.69) is 10.2 Å². The van der Waals surface area contributed by atoms with Crippen LogP contribution in [0.4, 0.5) is 0 Å². The van der Waals surface area contributed by atoms with E-state index in [1.165, 1.54) is 5.56 Å². The third-order valence-electron chi connectivity index (χ3n) is 5.06. The molecule has 138 valence electrons. The van der Waals surface area contributed by atoms with Gasteiger partial charge in [0.15, 0.2) is 0 Å². The second kappa shape index (κ2) is 7.74. The third-order valence-corrected chi connectivity index (χ3v) is 5.06. The molecular weight excluding hydrogens is 338 g/mol. The smallest absolute Gasteiger partial charge is 0.247 e. The predicted octanol–water partition coefficient (Wildman–Crippen LogP) is 3.99. The average molecular weight is 361 g/mol. The molecule has 2 heterocycles. The van der Waals surface area contributed by atoms with Crippen LogP contribution < -0.4 is 0 Å². The molecule has 1 aliphatic heterocycles. The van der Waals surface area contributed by atoms with E-state index in [4.69, 9.17) is 4.42 Å². The minimum Gasteiger partial charge on any atom is -0.420 e. The Bertz CT molecular complexity index is 903. The molecule has 1 saturated heterocycles. The molecule has 1 aromatic heterocycles. The Kier molecular flexibility index (Phi) is 5.01. The number of benzene rings is 2. The van der Waals surface area contributed by atoms with Crippen molar-refractivity contribution in [2.45, 2.75) is 32.1 Å². The van der Waals surface area contributed by atoms with Gasteiger partial charge in [-0.2, -0.15) is 0 Å². The van der Waals surface area contributed by atoms with Crippen LogP contribution in [0.15, 0.2) is 59.0 Å². The largest absolute Gasteiger partial charge is 0.420 e. The number of hydrogen-bond donors (Lipinski definition) is 0. The Balaban J connectivity index is 1.44. The number of piperidine rings is 1. The zero-order valence-electron chi connectivity index (χ0n) is 15.5. The van der Waals surface area contributed by atoms with Crippen molar-refractivity contribution in [2.24, 2.45) is 0 Å². The molecule has 0 unspecified atom stereocenters. The third kappa shape index (κ3) is 4.08. The van der Waals surface area contributed by atoms with Gasteiger partial charge in [0.1, 0.15) is 0 Å². The summed E-state index contributed by atoms with van der Waals surface area (Å²) < 4.78 is 5.94. The zero-order chi connectivity index (χ0) is 18.6. The first-order valence-corrected chi connectivity index (χ1v) is 9.41. The van der Waals surface area contributed by atoms with Gasteiger partial charge in [0.2, 0.25) is 17.7 Å². The molecule has 3 aromatic rings. The SMILES string of the molecule is Cc1ccc(-c2nnc([C@H]3CCCN(C(=O)Cc4ccccc4)C3)o2)cc1. The second-order valence-corrected chi connectivity index (χ2v) is 7.15. The van der Waals surface area contributed by atoms with Crippen LogP contribution in [0.2, 0.25) is 0 Å². The molecular formula is C22H23N3O2. The summed E-state index contributed by atoms with van der Waals surface area (Å²) in [7, 11) is 0. The zero-order valence-corrected chi connectivity index (χ0v) is 15.5. The normalized spacial score (nSPS) is 17.1. The number of aromatic nitrogens is 2. The lowest BCUT2D eigenvalue weighted by atomic mass is 9.97. The van der Waals surface area contributed by atoms with Crippen LogP contribution >= 0.6 is 0 Å². The maximum atomic E-state index is 12.7. The molecule has 1 aliphatic rings. The van der Waals surface area contributed by atoms with Crippen LogP contribution in [0.5, 0.6) is 0 Å². The highest BCUT2D eigenvalue weighted by Crippen LogP contribution is 2.28. The van der Waals surface area contributed by atoms with Gasteiger partial charge in [0, 0.05) is 18.7 Å². The number of carbonyl (C=O) groups excluding carboxylic acids is 1. The van der Waals surface area contributed by atoms with Crippen LogP contribution in [0, 0.1) is 6.92 Å². The molecule has 0 aliphatic carbocycles. The highest BCUT2D eigenvalue weighted by atomic mass is 16.4. The molecule has 4 rings (SSSR count). The number of amides is 1. The number of hydrogen-bond acceptors (Lipinski definition) is 4. The highest BCUT2D eigenvalue weighted by molar-refractivity contribution is 5.79. The lowest BCUT2D eigenvalue weighted by Crippen LogP contribution is -2.40. The molecule has 5 heteroatoms. The maximum Gasteiger partial charge on any atom is 0.247 e. The van der Waals surface area contributed by atoms with Gasteiger partial charge in [-0.15, -0.1) is 10.2 Å². The molecule has 0 saturated carbocycles. The molecule has 0 radical (unpaired) electrons. The van der Waals surface area contributed by atoms with Crippen molar-refractivity contribution in [2.75, 3.05) is 13.1 Å². The summed E-state index contributed by atoms with van der Waals surface area (Å²) in [5.41, 5.74) is 3.16. The first-order chi connectivity index (χ1) is 13.2. The van der Waals surface area contributed by atoms with Gasteiger partial charge < -0.3 is 9.32 Å². The summed E-state index contributed by atoms with van der Waals surface area (Å²) >= 11 is 0. The summed E-state index contributed by atoms with van der Waals surface area (Å²) in [4.78, 5) is 14.6. The summed E-state index contributed by atoms with van der Waals surface area (Å²) in [6.45, 7) is 3.48. The summed E-state index contributed by atoms with van der Waals surface area (Å²) in [5.74, 6) is 1.43. The molecule has 1 atom stereocenters. The number of aryl methyl sites for hydroxylation is 1. The number of carbonyl (C=O) groups is 1. The quantitative estimate of drug-likeness (QED) is 0.705. The number of rotatable bonds is 4. The summed E-state index contributed by atoms with van der Waals surface area (Å²) in [6.07, 6.45) is 2.35. The van der Waals surface area contributed by atoms with E-state index in [0.29, 0.717) is 24.7 Å². The van der Waals surface area contributed by atoms with Crippen LogP contribution in [0.25, 0.3) is 11.5 Å². The molecule has 0 bridgehead atoms. The van der Waals surface area contributed by atoms with E-state index in [9.17, 15) is 4.79 Å². The molecule has 0 spiro atoms. The van der Waals surface area contributed by atoms with Crippen LogP contribution in [-0.2, 0) is 11.2 Å². The van der Waals surface area contributed by atoms with Crippen molar-refractivity contribution in [1.29, 1.82) is 0 Å². The number of likely N-dealkylation sites (tertiary alicyclic amines) is 1. The van der Waals surface area contributed by atoms with Crippen molar-refractivity contribution in [3.8, 4) is 11.5 Å². The van der Waals surface area contributed by atoms with E-state index >= 15 is 0 Å². The average Bonchev–Trinajstić information content (AvgIpc) is 3.20. The topological polar surface area (TPSA) is 59.2 Å². The Morgan fingerprint density at radius 3 is 2.67 bits per heavy atom. The molecule has 1 amide bonds. The highest BCUT2D eigenvalue weighted by Gasteiger charge is 2.28. The molecule has 5 nitrogen and oxygen atoms in total. The lowest BCUT2D eigenvalue weighted by Gasteiger charge is -2.31. The van der Waals surface area contributed by atoms with Gasteiger partial charge in [-0.3, -0.25) is 4.79 Å². The summed E-state index contributed by atoms with van der Waals surface area (Å²) in [6, 6.07) is 17.9. The van der Waals surface area contributed by atoms with Gasteiger partial charge in [0.05, 0.1) is 12.3 Å². The fourth-order valence-corrected chi connectivity index (χ4v) is 3.50.